The minimum Gasteiger partial charge on any atom is -0.360 e. The van der Waals surface area contributed by atoms with Crippen LogP contribution in [0.1, 0.15) is 13.8 Å². The van der Waals surface area contributed by atoms with Gasteiger partial charge in [-0.3, -0.25) is 4.98 Å². The molecule has 84 valence electrons. The zero-order valence-electron chi connectivity index (χ0n) is 9.34. The number of aromatic nitrogens is 3. The van der Waals surface area contributed by atoms with Gasteiger partial charge in [0.1, 0.15) is 0 Å². The SMILES string of the molecule is CC(C)CNc1nc(-c2ccncc2)ns1. The van der Waals surface area contributed by atoms with Gasteiger partial charge in [0.25, 0.3) is 0 Å². The van der Waals surface area contributed by atoms with Gasteiger partial charge in [-0.15, -0.1) is 0 Å². The topological polar surface area (TPSA) is 50.7 Å². The third-order valence-electron chi connectivity index (χ3n) is 2.03. The second-order valence-electron chi connectivity index (χ2n) is 3.93. The first-order valence-corrected chi connectivity index (χ1v) is 6.01. The number of hydrogen-bond acceptors (Lipinski definition) is 5. The van der Waals surface area contributed by atoms with E-state index in [4.69, 9.17) is 0 Å². The summed E-state index contributed by atoms with van der Waals surface area (Å²) < 4.78 is 4.30. The van der Waals surface area contributed by atoms with E-state index in [1.54, 1.807) is 12.4 Å². The minimum atomic E-state index is 0.605. The number of anilines is 1. The third kappa shape index (κ3) is 2.76. The van der Waals surface area contributed by atoms with Crippen LogP contribution in [0.25, 0.3) is 11.4 Å². The molecule has 0 amide bonds. The van der Waals surface area contributed by atoms with Crippen molar-refractivity contribution in [3.05, 3.63) is 24.5 Å². The molecule has 0 unspecified atom stereocenters. The summed E-state index contributed by atoms with van der Waals surface area (Å²) in [5.41, 5.74) is 1.00. The fraction of sp³-hybridized carbons (Fsp3) is 0.364. The molecule has 2 aromatic rings. The van der Waals surface area contributed by atoms with Gasteiger partial charge in [0, 0.05) is 36.0 Å². The monoisotopic (exact) mass is 234 g/mol. The van der Waals surface area contributed by atoms with Crippen molar-refractivity contribution in [2.75, 3.05) is 11.9 Å². The molecule has 16 heavy (non-hydrogen) atoms. The van der Waals surface area contributed by atoms with Crippen LogP contribution in [0.4, 0.5) is 5.13 Å². The number of nitrogens with one attached hydrogen (secondary N) is 1. The molecular formula is C11H14N4S. The summed E-state index contributed by atoms with van der Waals surface area (Å²) >= 11 is 1.39. The Kier molecular flexibility index (Phi) is 3.46. The van der Waals surface area contributed by atoms with Crippen LogP contribution in [0, 0.1) is 5.92 Å². The van der Waals surface area contributed by atoms with E-state index in [0.717, 1.165) is 23.1 Å². The zero-order chi connectivity index (χ0) is 11.4. The maximum absolute atomic E-state index is 4.42. The fourth-order valence-electron chi connectivity index (χ4n) is 1.20. The van der Waals surface area contributed by atoms with Crippen LogP contribution >= 0.6 is 11.5 Å². The van der Waals surface area contributed by atoms with Gasteiger partial charge in [-0.25, -0.2) is 0 Å². The van der Waals surface area contributed by atoms with Crippen molar-refractivity contribution >= 4 is 16.7 Å². The summed E-state index contributed by atoms with van der Waals surface area (Å²) in [6, 6.07) is 3.82. The standard InChI is InChI=1S/C11H14N4S/c1-8(2)7-13-11-14-10(15-16-11)9-3-5-12-6-4-9/h3-6,8H,7H2,1-2H3,(H,13,14,15). The van der Waals surface area contributed by atoms with Crippen molar-refractivity contribution in [2.24, 2.45) is 5.92 Å². The van der Waals surface area contributed by atoms with Gasteiger partial charge in [0.05, 0.1) is 0 Å². The molecule has 0 atom stereocenters. The summed E-state index contributed by atoms with van der Waals surface area (Å²) in [7, 11) is 0. The Morgan fingerprint density at radius 1 is 1.31 bits per heavy atom. The van der Waals surface area contributed by atoms with E-state index in [1.807, 2.05) is 12.1 Å². The van der Waals surface area contributed by atoms with Crippen molar-refractivity contribution in [1.29, 1.82) is 0 Å². The maximum atomic E-state index is 4.42. The lowest BCUT2D eigenvalue weighted by atomic mass is 10.2. The number of nitrogens with zero attached hydrogens (tertiary/aromatic N) is 3. The third-order valence-corrected chi connectivity index (χ3v) is 2.70. The normalized spacial score (nSPS) is 10.7. The van der Waals surface area contributed by atoms with Crippen LogP contribution < -0.4 is 5.32 Å². The molecule has 5 heteroatoms. The summed E-state index contributed by atoms with van der Waals surface area (Å²) in [5.74, 6) is 1.37. The molecule has 2 rings (SSSR count). The average molecular weight is 234 g/mol. The fourth-order valence-corrected chi connectivity index (χ4v) is 1.80. The molecule has 0 bridgehead atoms. The van der Waals surface area contributed by atoms with Gasteiger partial charge in [0.2, 0.25) is 5.13 Å². The Bertz CT molecular complexity index is 438. The first-order chi connectivity index (χ1) is 7.75. The summed E-state index contributed by atoms with van der Waals surface area (Å²) in [6.07, 6.45) is 3.50. The van der Waals surface area contributed by atoms with Crippen LogP contribution in [-0.2, 0) is 0 Å². The maximum Gasteiger partial charge on any atom is 0.202 e. The van der Waals surface area contributed by atoms with Gasteiger partial charge in [-0.1, -0.05) is 13.8 Å². The molecule has 0 saturated heterocycles. The number of rotatable bonds is 4. The van der Waals surface area contributed by atoms with Gasteiger partial charge in [-0.2, -0.15) is 9.36 Å². The summed E-state index contributed by atoms with van der Waals surface area (Å²) in [4.78, 5) is 8.39. The van der Waals surface area contributed by atoms with Gasteiger partial charge < -0.3 is 5.32 Å². The van der Waals surface area contributed by atoms with E-state index in [9.17, 15) is 0 Å². The highest BCUT2D eigenvalue weighted by Crippen LogP contribution is 2.20. The quantitative estimate of drug-likeness (QED) is 0.883. The molecule has 0 aliphatic rings. The second-order valence-corrected chi connectivity index (χ2v) is 4.69. The van der Waals surface area contributed by atoms with Gasteiger partial charge in [-0.05, 0) is 18.1 Å². The number of hydrogen-bond donors (Lipinski definition) is 1. The predicted octanol–water partition coefficient (Wildman–Crippen LogP) is 2.67. The summed E-state index contributed by atoms with van der Waals surface area (Å²) in [6.45, 7) is 5.25. The molecule has 0 radical (unpaired) electrons. The lowest BCUT2D eigenvalue weighted by Gasteiger charge is -2.03. The predicted molar refractivity (Wildman–Crippen MR) is 66.5 cm³/mol. The van der Waals surface area contributed by atoms with Gasteiger partial charge in [0.15, 0.2) is 5.82 Å². The van der Waals surface area contributed by atoms with E-state index >= 15 is 0 Å². The van der Waals surface area contributed by atoms with Crippen LogP contribution in [-0.4, -0.2) is 20.9 Å². The molecule has 4 nitrogen and oxygen atoms in total. The molecule has 2 aromatic heterocycles. The first kappa shape index (κ1) is 11.0. The molecule has 0 aliphatic carbocycles. The van der Waals surface area contributed by atoms with Crippen molar-refractivity contribution in [3.8, 4) is 11.4 Å². The van der Waals surface area contributed by atoms with Crippen LogP contribution in [0.5, 0.6) is 0 Å². The lowest BCUT2D eigenvalue weighted by Crippen LogP contribution is -2.07. The molecule has 0 fully saturated rings. The van der Waals surface area contributed by atoms with Crippen LogP contribution in [0.3, 0.4) is 0 Å². The molecule has 0 aromatic carbocycles. The van der Waals surface area contributed by atoms with Gasteiger partial charge >= 0.3 is 0 Å². The average Bonchev–Trinajstić information content (AvgIpc) is 2.76. The Morgan fingerprint density at radius 3 is 2.75 bits per heavy atom. The Labute approximate surface area is 98.9 Å². The molecule has 1 N–H and O–H groups in total. The smallest absolute Gasteiger partial charge is 0.202 e. The van der Waals surface area contributed by atoms with Crippen LogP contribution in [0.15, 0.2) is 24.5 Å². The van der Waals surface area contributed by atoms with E-state index in [1.165, 1.54) is 11.5 Å². The highest BCUT2D eigenvalue weighted by Gasteiger charge is 2.05. The Balaban J connectivity index is 2.08. The largest absolute Gasteiger partial charge is 0.360 e. The molecule has 0 saturated carbocycles. The van der Waals surface area contributed by atoms with E-state index < -0.39 is 0 Å². The van der Waals surface area contributed by atoms with Crippen molar-refractivity contribution in [2.45, 2.75) is 13.8 Å². The second kappa shape index (κ2) is 5.03. The number of pyridine rings is 1. The highest BCUT2D eigenvalue weighted by atomic mass is 32.1. The minimum absolute atomic E-state index is 0.605. The molecule has 0 aliphatic heterocycles. The summed E-state index contributed by atoms with van der Waals surface area (Å²) in [5, 5.41) is 4.14. The Hall–Kier alpha value is -1.49. The molecule has 2 heterocycles. The molecule has 0 spiro atoms. The first-order valence-electron chi connectivity index (χ1n) is 5.23. The highest BCUT2D eigenvalue weighted by molar-refractivity contribution is 7.09. The molecular weight excluding hydrogens is 220 g/mol. The van der Waals surface area contributed by atoms with Crippen molar-refractivity contribution < 1.29 is 0 Å². The zero-order valence-corrected chi connectivity index (χ0v) is 10.2. The van der Waals surface area contributed by atoms with E-state index in [-0.39, 0.29) is 0 Å². The van der Waals surface area contributed by atoms with Crippen molar-refractivity contribution in [3.63, 3.8) is 0 Å². The van der Waals surface area contributed by atoms with E-state index in [0.29, 0.717) is 5.92 Å². The Morgan fingerprint density at radius 2 is 2.06 bits per heavy atom. The van der Waals surface area contributed by atoms with Crippen LogP contribution in [0.2, 0.25) is 0 Å². The lowest BCUT2D eigenvalue weighted by molar-refractivity contribution is 0.688. The van der Waals surface area contributed by atoms with Crippen molar-refractivity contribution in [1.82, 2.24) is 14.3 Å². The van der Waals surface area contributed by atoms with E-state index in [2.05, 4.69) is 33.5 Å².